The highest BCUT2D eigenvalue weighted by atomic mass is 32.2. The molecule has 1 aliphatic rings. The van der Waals surface area contributed by atoms with Gasteiger partial charge in [0.1, 0.15) is 11.6 Å². The molecule has 1 saturated heterocycles. The Morgan fingerprint density at radius 1 is 1.52 bits per heavy atom. The number of nitrogens with two attached hydrogens (primary N) is 1. The number of aliphatic hydroxyl groups excluding tert-OH is 1. The Balaban J connectivity index is 2.18. The van der Waals surface area contributed by atoms with Gasteiger partial charge in [-0.2, -0.15) is 4.31 Å². The predicted molar refractivity (Wildman–Crippen MR) is 86.3 cm³/mol. The Hall–Kier alpha value is -1.68. The van der Waals surface area contributed by atoms with Gasteiger partial charge in [-0.15, -0.1) is 0 Å². The third-order valence-electron chi connectivity index (χ3n) is 3.57. The van der Waals surface area contributed by atoms with Crippen LogP contribution in [0, 0.1) is 5.41 Å². The topological polar surface area (TPSA) is 129 Å². The zero-order valence-electron chi connectivity index (χ0n) is 12.9. The number of nitrogens with one attached hydrogen (secondary N) is 2. The van der Waals surface area contributed by atoms with Gasteiger partial charge in [-0.3, -0.25) is 5.41 Å². The van der Waals surface area contributed by atoms with Crippen LogP contribution < -0.4 is 15.8 Å². The van der Waals surface area contributed by atoms with Gasteiger partial charge in [-0.05, 0) is 25.1 Å². The van der Waals surface area contributed by atoms with Crippen molar-refractivity contribution in [2.75, 3.05) is 32.8 Å². The second-order valence-electron chi connectivity index (χ2n) is 5.20. The molecule has 2 rings (SSSR count). The van der Waals surface area contributed by atoms with Gasteiger partial charge in [0.05, 0.1) is 23.7 Å². The first-order valence-corrected chi connectivity index (χ1v) is 8.79. The average molecular weight is 342 g/mol. The lowest BCUT2D eigenvalue weighted by Crippen LogP contribution is -2.59. The number of sulfonamides is 1. The van der Waals surface area contributed by atoms with Crippen molar-refractivity contribution in [3.63, 3.8) is 0 Å². The quantitative estimate of drug-likeness (QED) is 0.366. The summed E-state index contributed by atoms with van der Waals surface area (Å²) in [6, 6.07) is 4.40. The maximum Gasteiger partial charge on any atom is 0.243 e. The first kappa shape index (κ1) is 17.7. The summed E-state index contributed by atoms with van der Waals surface area (Å²) in [6.45, 7) is 3.36. The van der Waals surface area contributed by atoms with Crippen LogP contribution in [0.3, 0.4) is 0 Å². The molecule has 0 radical (unpaired) electrons. The highest BCUT2D eigenvalue weighted by molar-refractivity contribution is 7.89. The van der Waals surface area contributed by atoms with E-state index in [1.54, 1.807) is 6.92 Å². The average Bonchev–Trinajstić information content (AvgIpc) is 2.45. The lowest BCUT2D eigenvalue weighted by atomic mass is 10.2. The van der Waals surface area contributed by atoms with Crippen LogP contribution in [-0.4, -0.2) is 62.6 Å². The first-order chi connectivity index (χ1) is 10.9. The highest BCUT2D eigenvalue weighted by Gasteiger charge is 2.36. The molecule has 0 bridgehead atoms. The monoisotopic (exact) mass is 342 g/mol. The van der Waals surface area contributed by atoms with Gasteiger partial charge in [-0.1, -0.05) is 0 Å². The minimum atomic E-state index is -3.62. The molecular formula is C14H22N4O4S. The molecule has 0 atom stereocenters. The summed E-state index contributed by atoms with van der Waals surface area (Å²) >= 11 is 0. The molecule has 1 aliphatic heterocycles. The highest BCUT2D eigenvalue weighted by Crippen LogP contribution is 2.26. The van der Waals surface area contributed by atoms with Gasteiger partial charge >= 0.3 is 0 Å². The van der Waals surface area contributed by atoms with E-state index in [0.717, 1.165) is 0 Å². The molecule has 0 amide bonds. The molecule has 1 aromatic rings. The zero-order valence-corrected chi connectivity index (χ0v) is 13.8. The summed E-state index contributed by atoms with van der Waals surface area (Å²) in [7, 11) is -3.62. The van der Waals surface area contributed by atoms with E-state index in [-0.39, 0.29) is 28.9 Å². The van der Waals surface area contributed by atoms with E-state index >= 15 is 0 Å². The van der Waals surface area contributed by atoms with Crippen LogP contribution in [0.25, 0.3) is 0 Å². The van der Waals surface area contributed by atoms with E-state index in [1.807, 2.05) is 0 Å². The fourth-order valence-corrected chi connectivity index (χ4v) is 3.90. The Kier molecular flexibility index (Phi) is 5.58. The van der Waals surface area contributed by atoms with Crippen molar-refractivity contribution in [1.82, 2.24) is 9.62 Å². The molecule has 9 heteroatoms. The summed E-state index contributed by atoms with van der Waals surface area (Å²) in [5, 5.41) is 19.4. The normalized spacial score (nSPS) is 16.1. The van der Waals surface area contributed by atoms with E-state index in [2.05, 4.69) is 5.32 Å². The molecule has 8 nitrogen and oxygen atoms in total. The SMILES string of the molecule is CCOc1ccc(S(=O)(=O)N2CC(NCCO)C2)cc1C(=N)N. The first-order valence-electron chi connectivity index (χ1n) is 7.35. The number of hydrogen-bond acceptors (Lipinski definition) is 6. The van der Waals surface area contributed by atoms with E-state index < -0.39 is 10.0 Å². The molecule has 1 aromatic carbocycles. The second kappa shape index (κ2) is 7.26. The lowest BCUT2D eigenvalue weighted by Gasteiger charge is -2.38. The number of benzene rings is 1. The van der Waals surface area contributed by atoms with Crippen molar-refractivity contribution in [3.8, 4) is 5.75 Å². The van der Waals surface area contributed by atoms with Crippen molar-refractivity contribution in [3.05, 3.63) is 23.8 Å². The Bertz CT molecular complexity index is 671. The maximum absolute atomic E-state index is 12.6. The van der Waals surface area contributed by atoms with Crippen molar-refractivity contribution < 1.29 is 18.3 Å². The third-order valence-corrected chi connectivity index (χ3v) is 5.40. The van der Waals surface area contributed by atoms with Crippen LogP contribution in [0.1, 0.15) is 12.5 Å². The minimum Gasteiger partial charge on any atom is -0.493 e. The van der Waals surface area contributed by atoms with Gasteiger partial charge < -0.3 is 20.9 Å². The zero-order chi connectivity index (χ0) is 17.0. The van der Waals surface area contributed by atoms with Crippen LogP contribution >= 0.6 is 0 Å². The number of hydrogen-bond donors (Lipinski definition) is 4. The Labute approximate surface area is 135 Å². The number of rotatable bonds is 8. The van der Waals surface area contributed by atoms with Gasteiger partial charge in [-0.25, -0.2) is 8.42 Å². The van der Waals surface area contributed by atoms with Crippen molar-refractivity contribution in [2.24, 2.45) is 5.73 Å². The summed E-state index contributed by atoms with van der Waals surface area (Å²) in [5.74, 6) is 0.154. The van der Waals surface area contributed by atoms with Crippen LogP contribution in [0.2, 0.25) is 0 Å². The van der Waals surface area contributed by atoms with Crippen molar-refractivity contribution in [1.29, 1.82) is 5.41 Å². The smallest absolute Gasteiger partial charge is 0.243 e. The number of aliphatic hydroxyl groups is 1. The standard InChI is InChI=1S/C14H22N4O4S/c1-2-22-13-4-3-11(7-12(13)14(15)16)23(20,21)18-8-10(9-18)17-5-6-19/h3-4,7,10,17,19H,2,5-6,8-9H2,1H3,(H3,15,16). The predicted octanol–water partition coefficient (Wildman–Crippen LogP) is -0.676. The van der Waals surface area contributed by atoms with Gasteiger partial charge in [0.25, 0.3) is 0 Å². The van der Waals surface area contributed by atoms with Gasteiger partial charge in [0.2, 0.25) is 10.0 Å². The van der Waals surface area contributed by atoms with Crippen molar-refractivity contribution in [2.45, 2.75) is 17.9 Å². The molecule has 5 N–H and O–H groups in total. The number of nitrogens with zero attached hydrogens (tertiary/aromatic N) is 1. The maximum atomic E-state index is 12.6. The van der Waals surface area contributed by atoms with Crippen LogP contribution in [0.4, 0.5) is 0 Å². The number of amidine groups is 1. The van der Waals surface area contributed by atoms with Gasteiger partial charge in [0, 0.05) is 25.7 Å². The Morgan fingerprint density at radius 2 is 2.22 bits per heavy atom. The van der Waals surface area contributed by atoms with Gasteiger partial charge in [0.15, 0.2) is 0 Å². The summed E-state index contributed by atoms with van der Waals surface area (Å²) in [6.07, 6.45) is 0. The molecule has 1 fully saturated rings. The fraction of sp³-hybridized carbons (Fsp3) is 0.500. The van der Waals surface area contributed by atoms with E-state index in [9.17, 15) is 8.42 Å². The molecule has 0 unspecified atom stereocenters. The van der Waals surface area contributed by atoms with E-state index in [4.69, 9.17) is 21.0 Å². The molecule has 0 aromatic heterocycles. The molecule has 0 saturated carbocycles. The summed E-state index contributed by atoms with van der Waals surface area (Å²) < 4.78 is 31.9. The lowest BCUT2D eigenvalue weighted by molar-refractivity contribution is 0.208. The molecular weight excluding hydrogens is 320 g/mol. The van der Waals surface area contributed by atoms with E-state index in [0.29, 0.717) is 32.0 Å². The Morgan fingerprint density at radius 3 is 2.78 bits per heavy atom. The molecule has 128 valence electrons. The molecule has 23 heavy (non-hydrogen) atoms. The van der Waals surface area contributed by atoms with Crippen LogP contribution in [0.15, 0.2) is 23.1 Å². The second-order valence-corrected chi connectivity index (χ2v) is 7.14. The summed E-state index contributed by atoms with van der Waals surface area (Å²) in [5.41, 5.74) is 5.78. The number of nitrogen functional groups attached to an aromatic ring is 1. The molecule has 0 spiro atoms. The fourth-order valence-electron chi connectivity index (χ4n) is 2.34. The van der Waals surface area contributed by atoms with E-state index in [1.165, 1.54) is 22.5 Å². The molecule has 0 aliphatic carbocycles. The summed E-state index contributed by atoms with van der Waals surface area (Å²) in [4.78, 5) is 0.0896. The van der Waals surface area contributed by atoms with Crippen molar-refractivity contribution >= 4 is 15.9 Å². The largest absolute Gasteiger partial charge is 0.493 e. The van der Waals surface area contributed by atoms with Crippen LogP contribution in [0.5, 0.6) is 5.75 Å². The minimum absolute atomic E-state index is 0.0180. The number of ether oxygens (including phenoxy) is 1. The van der Waals surface area contributed by atoms with Crippen LogP contribution in [-0.2, 0) is 10.0 Å². The molecule has 1 heterocycles. The third kappa shape index (κ3) is 3.81.